The van der Waals surface area contributed by atoms with Crippen molar-refractivity contribution < 1.29 is 18.9 Å². The maximum absolute atomic E-state index is 12.4. The third-order valence-corrected chi connectivity index (χ3v) is 4.24. The lowest BCUT2D eigenvalue weighted by Gasteiger charge is -2.10. The molecule has 140 valence electrons. The molecule has 0 unspecified atom stereocenters. The Bertz CT molecular complexity index is 1010. The molecular weight excluding hydrogens is 420 g/mol. The number of amides is 1. The van der Waals surface area contributed by atoms with E-state index in [2.05, 4.69) is 26.3 Å². The first-order valence-electron chi connectivity index (χ1n) is 7.79. The summed E-state index contributed by atoms with van der Waals surface area (Å²) in [5.74, 6) is 0.355. The second-order valence-electron chi connectivity index (χ2n) is 5.68. The number of halogens is 1. The second-order valence-corrected chi connectivity index (χ2v) is 6.53. The molecule has 1 amide bonds. The minimum Gasteiger partial charge on any atom is -0.495 e. The Morgan fingerprint density at radius 3 is 2.85 bits per heavy atom. The Hall–Kier alpha value is -3.14. The van der Waals surface area contributed by atoms with E-state index in [1.165, 1.54) is 24.1 Å². The zero-order chi connectivity index (χ0) is 19.6. The van der Waals surface area contributed by atoms with Crippen molar-refractivity contribution >= 4 is 33.3 Å². The molecule has 0 aliphatic rings. The Morgan fingerprint density at radius 2 is 2.19 bits per heavy atom. The van der Waals surface area contributed by atoms with Gasteiger partial charge < -0.3 is 24.6 Å². The lowest BCUT2D eigenvalue weighted by molar-refractivity contribution is -0.390. The SMILES string of the molecule is COc1ccc(C)cc1NC(=O)c1ccc(Cn2cc(Br)c([N+](=O)[O-])n2)o1. The summed E-state index contributed by atoms with van der Waals surface area (Å²) in [7, 11) is 1.52. The number of rotatable bonds is 6. The van der Waals surface area contributed by atoms with Crippen LogP contribution in [0.5, 0.6) is 5.75 Å². The van der Waals surface area contributed by atoms with Gasteiger partial charge in [0.25, 0.3) is 5.91 Å². The smallest absolute Gasteiger partial charge is 0.404 e. The molecule has 3 rings (SSSR count). The molecule has 0 aliphatic carbocycles. The van der Waals surface area contributed by atoms with Crippen molar-refractivity contribution in [3.05, 3.63) is 68.2 Å². The molecule has 10 heteroatoms. The van der Waals surface area contributed by atoms with Gasteiger partial charge in [-0.05, 0) is 57.6 Å². The summed E-state index contributed by atoms with van der Waals surface area (Å²) < 4.78 is 12.4. The minimum absolute atomic E-state index is 0.106. The van der Waals surface area contributed by atoms with E-state index in [4.69, 9.17) is 9.15 Å². The van der Waals surface area contributed by atoms with Crippen LogP contribution < -0.4 is 10.1 Å². The number of carbonyl (C=O) groups excluding carboxylic acids is 1. The minimum atomic E-state index is -0.586. The lowest BCUT2D eigenvalue weighted by atomic mass is 10.2. The molecular formula is C17H15BrN4O5. The number of anilines is 1. The molecule has 2 heterocycles. The van der Waals surface area contributed by atoms with Crippen molar-refractivity contribution in [3.8, 4) is 5.75 Å². The highest BCUT2D eigenvalue weighted by molar-refractivity contribution is 9.10. The maximum atomic E-state index is 12.4. The fourth-order valence-electron chi connectivity index (χ4n) is 2.44. The summed E-state index contributed by atoms with van der Waals surface area (Å²) in [6, 6.07) is 8.58. The van der Waals surface area contributed by atoms with Crippen molar-refractivity contribution in [1.29, 1.82) is 0 Å². The number of carbonyl (C=O) groups is 1. The van der Waals surface area contributed by atoms with Crippen LogP contribution in [0.25, 0.3) is 0 Å². The van der Waals surface area contributed by atoms with Gasteiger partial charge in [0.05, 0.1) is 24.1 Å². The molecule has 1 aromatic carbocycles. The Labute approximate surface area is 162 Å². The summed E-state index contributed by atoms with van der Waals surface area (Å²) >= 11 is 3.08. The second kappa shape index (κ2) is 7.62. The zero-order valence-electron chi connectivity index (χ0n) is 14.4. The third-order valence-electron chi connectivity index (χ3n) is 3.68. The van der Waals surface area contributed by atoms with Crippen LogP contribution >= 0.6 is 15.9 Å². The first kappa shape index (κ1) is 18.6. The number of benzene rings is 1. The number of aryl methyl sites for hydroxylation is 1. The highest BCUT2D eigenvalue weighted by Crippen LogP contribution is 2.26. The van der Waals surface area contributed by atoms with E-state index >= 15 is 0 Å². The number of aromatic nitrogens is 2. The van der Waals surface area contributed by atoms with Gasteiger partial charge in [-0.15, -0.1) is 0 Å². The molecule has 0 bridgehead atoms. The summed E-state index contributed by atoms with van der Waals surface area (Å²) in [6.45, 7) is 2.05. The Balaban J connectivity index is 1.74. The topological polar surface area (TPSA) is 112 Å². The first-order valence-corrected chi connectivity index (χ1v) is 8.58. The molecule has 0 saturated carbocycles. The number of ether oxygens (including phenoxy) is 1. The number of hydrogen-bond donors (Lipinski definition) is 1. The molecule has 0 spiro atoms. The van der Waals surface area contributed by atoms with Gasteiger partial charge in [0.2, 0.25) is 0 Å². The van der Waals surface area contributed by atoms with Crippen molar-refractivity contribution in [3.63, 3.8) is 0 Å². The van der Waals surface area contributed by atoms with Gasteiger partial charge in [0.15, 0.2) is 5.76 Å². The van der Waals surface area contributed by atoms with E-state index in [-0.39, 0.29) is 22.6 Å². The molecule has 0 fully saturated rings. The molecule has 2 aromatic heterocycles. The first-order chi connectivity index (χ1) is 12.9. The average Bonchev–Trinajstić information content (AvgIpc) is 3.22. The number of nitrogens with zero attached hydrogens (tertiary/aromatic N) is 3. The van der Waals surface area contributed by atoms with E-state index in [1.54, 1.807) is 18.2 Å². The number of methoxy groups -OCH3 is 1. The van der Waals surface area contributed by atoms with Crippen LogP contribution in [-0.2, 0) is 6.54 Å². The van der Waals surface area contributed by atoms with Gasteiger partial charge in [-0.1, -0.05) is 6.07 Å². The highest BCUT2D eigenvalue weighted by Gasteiger charge is 2.20. The Kier molecular flexibility index (Phi) is 5.26. The van der Waals surface area contributed by atoms with Crippen molar-refractivity contribution in [2.24, 2.45) is 0 Å². The fourth-order valence-corrected chi connectivity index (χ4v) is 2.90. The Morgan fingerprint density at radius 1 is 1.41 bits per heavy atom. The number of nitro groups is 1. The molecule has 0 saturated heterocycles. The van der Waals surface area contributed by atoms with Crippen LogP contribution in [0.4, 0.5) is 11.5 Å². The summed E-state index contributed by atoms with van der Waals surface area (Å²) in [6.07, 6.45) is 1.47. The van der Waals surface area contributed by atoms with E-state index < -0.39 is 10.8 Å². The van der Waals surface area contributed by atoms with Crippen LogP contribution in [0, 0.1) is 17.0 Å². The normalized spacial score (nSPS) is 10.6. The summed E-state index contributed by atoms with van der Waals surface area (Å²) in [5, 5.41) is 17.4. The highest BCUT2D eigenvalue weighted by atomic mass is 79.9. The van der Waals surface area contributed by atoms with E-state index in [9.17, 15) is 14.9 Å². The predicted octanol–water partition coefficient (Wildman–Crippen LogP) is 3.76. The fraction of sp³-hybridized carbons (Fsp3) is 0.176. The van der Waals surface area contributed by atoms with Gasteiger partial charge in [-0.3, -0.25) is 4.79 Å². The van der Waals surface area contributed by atoms with E-state index in [1.807, 2.05) is 13.0 Å². The van der Waals surface area contributed by atoms with Gasteiger partial charge in [-0.25, -0.2) is 0 Å². The molecule has 3 aromatic rings. The van der Waals surface area contributed by atoms with Crippen molar-refractivity contribution in [1.82, 2.24) is 9.78 Å². The van der Waals surface area contributed by atoms with E-state index in [0.717, 1.165) is 5.56 Å². The third kappa shape index (κ3) is 4.17. The monoisotopic (exact) mass is 434 g/mol. The van der Waals surface area contributed by atoms with Crippen LogP contribution in [0.15, 0.2) is 45.4 Å². The largest absolute Gasteiger partial charge is 0.495 e. The summed E-state index contributed by atoms with van der Waals surface area (Å²) in [5.41, 5.74) is 1.50. The van der Waals surface area contributed by atoms with Crippen LogP contribution in [0.2, 0.25) is 0 Å². The standard InChI is InChI=1S/C17H15BrN4O5/c1-10-3-5-14(26-2)13(7-10)19-17(23)15-6-4-11(27-15)8-21-9-12(18)16(20-21)22(24)25/h3-7,9H,8H2,1-2H3,(H,19,23). The van der Waals surface area contributed by atoms with E-state index in [0.29, 0.717) is 17.2 Å². The molecule has 0 radical (unpaired) electrons. The quantitative estimate of drug-likeness (QED) is 0.466. The number of furan rings is 1. The average molecular weight is 435 g/mol. The maximum Gasteiger partial charge on any atom is 0.404 e. The van der Waals surface area contributed by atoms with Gasteiger partial charge in [0.1, 0.15) is 22.5 Å². The number of nitrogens with one attached hydrogen (secondary N) is 1. The van der Waals surface area contributed by atoms with Crippen LogP contribution in [0.3, 0.4) is 0 Å². The van der Waals surface area contributed by atoms with Gasteiger partial charge in [-0.2, -0.15) is 4.68 Å². The zero-order valence-corrected chi connectivity index (χ0v) is 16.0. The predicted molar refractivity (Wildman–Crippen MR) is 100 cm³/mol. The van der Waals surface area contributed by atoms with Crippen molar-refractivity contribution in [2.45, 2.75) is 13.5 Å². The molecule has 1 N–H and O–H groups in total. The van der Waals surface area contributed by atoms with Crippen LogP contribution in [0.1, 0.15) is 21.9 Å². The molecule has 0 aliphatic heterocycles. The molecule has 0 atom stereocenters. The van der Waals surface area contributed by atoms with Crippen molar-refractivity contribution in [2.75, 3.05) is 12.4 Å². The number of hydrogen-bond acceptors (Lipinski definition) is 6. The van der Waals surface area contributed by atoms with Gasteiger partial charge in [0, 0.05) is 0 Å². The molecule has 27 heavy (non-hydrogen) atoms. The lowest BCUT2D eigenvalue weighted by Crippen LogP contribution is -2.12. The summed E-state index contributed by atoms with van der Waals surface area (Å²) in [4.78, 5) is 22.7. The molecule has 9 nitrogen and oxygen atoms in total. The van der Waals surface area contributed by atoms with Crippen LogP contribution in [-0.4, -0.2) is 27.7 Å². The van der Waals surface area contributed by atoms with Gasteiger partial charge >= 0.3 is 5.82 Å².